The van der Waals surface area contributed by atoms with Crippen molar-refractivity contribution in [3.8, 4) is 55.9 Å². The van der Waals surface area contributed by atoms with Gasteiger partial charge >= 0.3 is 0 Å². The smallest absolute Gasteiger partial charge is 0.115 e. The van der Waals surface area contributed by atoms with Crippen LogP contribution in [0.5, 0.6) is 0 Å². The molecule has 0 unspecified atom stereocenters. The van der Waals surface area contributed by atoms with Crippen LogP contribution in [0.1, 0.15) is 0 Å². The third-order valence-corrected chi connectivity index (χ3v) is 12.4. The summed E-state index contributed by atoms with van der Waals surface area (Å²) in [5.74, 6) is 0. The molecule has 0 saturated heterocycles. The Labute approximate surface area is 368 Å². The average Bonchev–Trinajstić information content (AvgIpc) is 3.87. The minimum Gasteiger partial charge on any atom is -0.310 e. The predicted octanol–water partition coefficient (Wildman–Crippen LogP) is 7.31. The number of nitrogens with zero attached hydrogens (tertiary/aromatic N) is 2. The number of aromatic nitrogens is 2. The lowest BCUT2D eigenvalue weighted by Crippen LogP contribution is -2.41. The SMILES string of the molecule is [B]c1c(-c2c([B])c([B])c3c(c2[B])c2c(-c4cccc(-c5ccccc5)c4)cccc2n3-c2ccccc2)c([B])c2c3ccccc3n(-c3ccc(-c4ccccc4)cc3)c2c1[B]. The number of hydrogen-bond acceptors (Lipinski definition) is 0. The molecule has 62 heavy (non-hydrogen) atoms. The van der Waals surface area contributed by atoms with E-state index in [1.165, 1.54) is 0 Å². The van der Waals surface area contributed by atoms with Crippen LogP contribution in [0.15, 0.2) is 182 Å². The molecular weight excluding hydrogens is 741 g/mol. The maximum absolute atomic E-state index is 7.54. The van der Waals surface area contributed by atoms with Gasteiger partial charge in [-0.1, -0.05) is 172 Å². The summed E-state index contributed by atoms with van der Waals surface area (Å²) in [4.78, 5) is 0. The van der Waals surface area contributed by atoms with Gasteiger partial charge in [0.2, 0.25) is 0 Å². The van der Waals surface area contributed by atoms with Crippen LogP contribution in [0.2, 0.25) is 0 Å². The second kappa shape index (κ2) is 14.9. The first-order valence-corrected chi connectivity index (χ1v) is 20.5. The first-order chi connectivity index (χ1) is 30.3. The minimum absolute atomic E-state index is 0.264. The monoisotopic (exact) mass is 772 g/mol. The predicted molar refractivity (Wildman–Crippen MR) is 269 cm³/mol. The standard InChI is InChI=1S/C54H30B6N2/c55-47-43-39-22-10-11-24-40(39)61(37-28-26-33(27-29-37)31-14-4-1-5-15-31)53(43)51(59)49(57)44(47)45-48(56)46-42-38(35-19-12-18-34(30-35)32-16-6-2-7-17-32)23-13-25-41(42)62(36-20-8-3-9-21-36)54(46)52(60)50(45)58/h1-30H. The summed E-state index contributed by atoms with van der Waals surface area (Å²) in [5.41, 5.74) is 14.5. The van der Waals surface area contributed by atoms with Crippen LogP contribution in [-0.4, -0.2) is 56.2 Å². The van der Waals surface area contributed by atoms with Gasteiger partial charge in [-0.2, -0.15) is 0 Å². The summed E-state index contributed by atoms with van der Waals surface area (Å²) in [7, 11) is 43.9. The molecule has 2 heterocycles. The van der Waals surface area contributed by atoms with E-state index in [1.54, 1.807) is 0 Å². The molecule has 0 atom stereocenters. The van der Waals surface area contributed by atoms with Crippen LogP contribution in [0.25, 0.3) is 99.5 Å². The van der Waals surface area contributed by atoms with E-state index in [4.69, 9.17) is 47.1 Å². The highest BCUT2D eigenvalue weighted by Crippen LogP contribution is 2.40. The first-order valence-electron chi connectivity index (χ1n) is 20.5. The Morgan fingerprint density at radius 2 is 0.742 bits per heavy atom. The summed E-state index contributed by atoms with van der Waals surface area (Å²) in [5, 5.41) is 3.32. The van der Waals surface area contributed by atoms with Crippen LogP contribution < -0.4 is 32.8 Å². The zero-order valence-electron chi connectivity index (χ0n) is 33.7. The van der Waals surface area contributed by atoms with Gasteiger partial charge in [0.1, 0.15) is 47.1 Å². The quantitative estimate of drug-likeness (QED) is 0.157. The van der Waals surface area contributed by atoms with Crippen molar-refractivity contribution >= 4 is 123 Å². The zero-order valence-corrected chi connectivity index (χ0v) is 33.7. The van der Waals surface area contributed by atoms with Gasteiger partial charge in [-0.05, 0) is 87.0 Å². The molecule has 0 aliphatic carbocycles. The molecule has 11 aromatic rings. The Morgan fingerprint density at radius 1 is 0.290 bits per heavy atom. The molecule has 0 aliphatic rings. The fraction of sp³-hybridized carbons (Fsp3) is 0. The Balaban J connectivity index is 1.21. The molecule has 0 aliphatic heterocycles. The van der Waals surface area contributed by atoms with Crippen LogP contribution >= 0.6 is 0 Å². The van der Waals surface area contributed by atoms with Crippen LogP contribution in [0, 0.1) is 0 Å². The fourth-order valence-corrected chi connectivity index (χ4v) is 9.51. The molecule has 8 heteroatoms. The molecular formula is C54H30B6N2. The topological polar surface area (TPSA) is 9.86 Å². The number of benzene rings is 9. The second-order valence-corrected chi connectivity index (χ2v) is 15.8. The minimum atomic E-state index is 0.264. The molecule has 12 radical (unpaired) electrons. The molecule has 2 nitrogen and oxygen atoms in total. The molecule has 274 valence electrons. The molecule has 0 spiro atoms. The van der Waals surface area contributed by atoms with Gasteiger partial charge in [0.05, 0.1) is 11.0 Å². The van der Waals surface area contributed by atoms with E-state index in [0.717, 1.165) is 77.3 Å². The number of para-hydroxylation sites is 2. The summed E-state index contributed by atoms with van der Waals surface area (Å²) in [6.07, 6.45) is 0. The molecule has 2 aromatic heterocycles. The highest BCUT2D eigenvalue weighted by atomic mass is 15.0. The van der Waals surface area contributed by atoms with E-state index in [9.17, 15) is 0 Å². The molecule has 0 fully saturated rings. The van der Waals surface area contributed by atoms with Crippen molar-refractivity contribution < 1.29 is 0 Å². The number of rotatable bonds is 6. The van der Waals surface area contributed by atoms with Crippen LogP contribution in [0.3, 0.4) is 0 Å². The molecule has 0 bridgehead atoms. The van der Waals surface area contributed by atoms with Gasteiger partial charge < -0.3 is 9.13 Å². The highest BCUT2D eigenvalue weighted by molar-refractivity contribution is 6.65. The third kappa shape index (κ3) is 5.73. The van der Waals surface area contributed by atoms with E-state index in [2.05, 4.69) is 124 Å². The van der Waals surface area contributed by atoms with Gasteiger partial charge in [0, 0.05) is 44.0 Å². The van der Waals surface area contributed by atoms with E-state index in [0.29, 0.717) is 44.0 Å². The maximum Gasteiger partial charge on any atom is 0.115 e. The Kier molecular flexibility index (Phi) is 9.09. The maximum atomic E-state index is 7.54. The van der Waals surface area contributed by atoms with E-state index >= 15 is 0 Å². The van der Waals surface area contributed by atoms with Crippen molar-refractivity contribution in [1.82, 2.24) is 9.13 Å². The third-order valence-electron chi connectivity index (χ3n) is 12.4. The lowest BCUT2D eigenvalue weighted by molar-refractivity contribution is 1.19. The van der Waals surface area contributed by atoms with Gasteiger partial charge in [0.15, 0.2) is 0 Å². The van der Waals surface area contributed by atoms with E-state index in [1.807, 2.05) is 66.7 Å². The summed E-state index contributed by atoms with van der Waals surface area (Å²) in [6.45, 7) is 0. The summed E-state index contributed by atoms with van der Waals surface area (Å²) in [6, 6.07) is 62.1. The van der Waals surface area contributed by atoms with Crippen molar-refractivity contribution in [1.29, 1.82) is 0 Å². The van der Waals surface area contributed by atoms with Crippen molar-refractivity contribution in [2.45, 2.75) is 0 Å². The van der Waals surface area contributed by atoms with Crippen molar-refractivity contribution in [3.63, 3.8) is 0 Å². The largest absolute Gasteiger partial charge is 0.310 e. The number of fused-ring (bicyclic) bond motifs is 6. The number of hydrogen-bond donors (Lipinski definition) is 0. The van der Waals surface area contributed by atoms with Crippen molar-refractivity contribution in [2.75, 3.05) is 0 Å². The second-order valence-electron chi connectivity index (χ2n) is 15.8. The first kappa shape index (κ1) is 37.9. The molecule has 0 N–H and O–H groups in total. The Morgan fingerprint density at radius 3 is 1.40 bits per heavy atom. The molecule has 9 aromatic carbocycles. The Bertz CT molecular complexity index is 3560. The molecule has 0 amide bonds. The normalized spacial score (nSPS) is 11.6. The van der Waals surface area contributed by atoms with Gasteiger partial charge in [-0.15, -0.1) is 0 Å². The van der Waals surface area contributed by atoms with Gasteiger partial charge in [0.25, 0.3) is 0 Å². The van der Waals surface area contributed by atoms with Crippen LogP contribution in [-0.2, 0) is 0 Å². The van der Waals surface area contributed by atoms with Crippen molar-refractivity contribution in [2.24, 2.45) is 0 Å². The average molecular weight is 772 g/mol. The fourth-order valence-electron chi connectivity index (χ4n) is 9.51. The van der Waals surface area contributed by atoms with Gasteiger partial charge in [-0.3, -0.25) is 0 Å². The molecule has 11 rings (SSSR count). The van der Waals surface area contributed by atoms with E-state index < -0.39 is 0 Å². The highest BCUT2D eigenvalue weighted by Gasteiger charge is 2.26. The van der Waals surface area contributed by atoms with E-state index in [-0.39, 0.29) is 10.9 Å². The zero-order chi connectivity index (χ0) is 42.2. The summed E-state index contributed by atoms with van der Waals surface area (Å²) < 4.78 is 4.26. The molecule has 0 saturated carbocycles. The van der Waals surface area contributed by atoms with Crippen molar-refractivity contribution in [3.05, 3.63) is 182 Å². The lowest BCUT2D eigenvalue weighted by atomic mass is 9.63. The van der Waals surface area contributed by atoms with Gasteiger partial charge in [-0.25, -0.2) is 0 Å². The van der Waals surface area contributed by atoms with Crippen LogP contribution in [0.4, 0.5) is 0 Å². The Hall–Kier alpha value is -7.03. The lowest BCUT2D eigenvalue weighted by Gasteiger charge is -2.25. The summed E-state index contributed by atoms with van der Waals surface area (Å²) >= 11 is 0.